The zero-order valence-electron chi connectivity index (χ0n) is 12.3. The smallest absolute Gasteiger partial charge is 0.170 e. The molecule has 0 bridgehead atoms. The van der Waals surface area contributed by atoms with E-state index in [1.54, 1.807) is 7.11 Å². The summed E-state index contributed by atoms with van der Waals surface area (Å²) < 4.78 is 10.8. The Morgan fingerprint density at radius 2 is 1.95 bits per heavy atom. The Kier molecular flexibility index (Phi) is 6.03. The lowest BCUT2D eigenvalue weighted by atomic mass is 10.1. The molecule has 0 fully saturated rings. The molecule has 2 unspecified atom stereocenters. The minimum absolute atomic E-state index is 0.0935. The molecule has 0 saturated carbocycles. The van der Waals surface area contributed by atoms with Gasteiger partial charge >= 0.3 is 0 Å². The quantitative estimate of drug-likeness (QED) is 0.461. The van der Waals surface area contributed by atoms with Crippen molar-refractivity contribution in [2.75, 3.05) is 19.5 Å². The topological polar surface area (TPSA) is 44.5 Å². The van der Waals surface area contributed by atoms with Gasteiger partial charge in [0.1, 0.15) is 6.10 Å². The van der Waals surface area contributed by atoms with Gasteiger partial charge in [0.15, 0.2) is 4.51 Å². The highest BCUT2D eigenvalue weighted by Crippen LogP contribution is 2.31. The van der Waals surface area contributed by atoms with E-state index in [-0.39, 0.29) is 6.10 Å². The first-order valence-electron chi connectivity index (χ1n) is 7.20. The standard InChI is InChI=1S/C17H22BrNO2/c1-20-17(18)12-4-2-7-16(17)21-13-5-3-6-14-8-10-15(19)11-9-14/h2,4,7-12,16H,3,5-6,13,19H2,1H3. The first kappa shape index (κ1) is 16.3. The molecule has 2 atom stereocenters. The van der Waals surface area contributed by atoms with Crippen molar-refractivity contribution in [1.29, 1.82) is 0 Å². The first-order chi connectivity index (χ1) is 10.1. The molecule has 0 aliphatic heterocycles. The van der Waals surface area contributed by atoms with Gasteiger partial charge in [0.05, 0.1) is 0 Å². The number of halogens is 1. The van der Waals surface area contributed by atoms with Crippen molar-refractivity contribution in [2.24, 2.45) is 0 Å². The Morgan fingerprint density at radius 3 is 2.67 bits per heavy atom. The van der Waals surface area contributed by atoms with Crippen LogP contribution in [0.15, 0.2) is 48.6 Å². The van der Waals surface area contributed by atoms with Gasteiger partial charge in [-0.25, -0.2) is 0 Å². The molecule has 1 aliphatic rings. The van der Waals surface area contributed by atoms with E-state index < -0.39 is 4.51 Å². The van der Waals surface area contributed by atoms with Crippen LogP contribution in [0.3, 0.4) is 0 Å². The lowest BCUT2D eigenvalue weighted by molar-refractivity contribution is -0.0267. The largest absolute Gasteiger partial charge is 0.399 e. The molecule has 0 spiro atoms. The van der Waals surface area contributed by atoms with Crippen LogP contribution >= 0.6 is 15.9 Å². The van der Waals surface area contributed by atoms with Crippen LogP contribution in [0.5, 0.6) is 0 Å². The number of methoxy groups -OCH3 is 1. The highest BCUT2D eigenvalue weighted by molar-refractivity contribution is 9.10. The number of anilines is 1. The normalized spacial score (nSPS) is 24.4. The average molecular weight is 352 g/mol. The first-order valence-corrected chi connectivity index (χ1v) is 7.99. The molecule has 3 nitrogen and oxygen atoms in total. The highest BCUT2D eigenvalue weighted by atomic mass is 79.9. The summed E-state index contributed by atoms with van der Waals surface area (Å²) in [6, 6.07) is 8.06. The van der Waals surface area contributed by atoms with Crippen LogP contribution in [-0.4, -0.2) is 24.3 Å². The number of nitrogens with two attached hydrogens (primary N) is 1. The zero-order chi connectivity index (χ0) is 15.1. The number of hydrogen-bond donors (Lipinski definition) is 1. The van der Waals surface area contributed by atoms with Crippen molar-refractivity contribution in [3.63, 3.8) is 0 Å². The van der Waals surface area contributed by atoms with Gasteiger partial charge in [-0.2, -0.15) is 0 Å². The number of benzene rings is 1. The van der Waals surface area contributed by atoms with E-state index >= 15 is 0 Å². The van der Waals surface area contributed by atoms with Crippen molar-refractivity contribution in [3.8, 4) is 0 Å². The minimum atomic E-state index is -0.543. The van der Waals surface area contributed by atoms with Crippen molar-refractivity contribution >= 4 is 21.6 Å². The number of rotatable bonds is 7. The molecule has 1 aromatic carbocycles. The maximum Gasteiger partial charge on any atom is 0.170 e. The SMILES string of the molecule is COC1(Br)C=CC=CC1OCCCCc1ccc(N)cc1. The Labute approximate surface area is 134 Å². The maximum atomic E-state index is 5.92. The number of nitrogen functional groups attached to an aromatic ring is 1. The molecule has 2 N–H and O–H groups in total. The molecule has 1 aromatic rings. The second kappa shape index (κ2) is 7.78. The lowest BCUT2D eigenvalue weighted by Crippen LogP contribution is -2.38. The fourth-order valence-electron chi connectivity index (χ4n) is 2.26. The summed E-state index contributed by atoms with van der Waals surface area (Å²) in [7, 11) is 1.68. The van der Waals surface area contributed by atoms with E-state index in [4.69, 9.17) is 15.2 Å². The van der Waals surface area contributed by atoms with Crippen molar-refractivity contribution in [2.45, 2.75) is 29.9 Å². The predicted molar refractivity (Wildman–Crippen MR) is 90.5 cm³/mol. The highest BCUT2D eigenvalue weighted by Gasteiger charge is 2.34. The van der Waals surface area contributed by atoms with Crippen LogP contribution in [-0.2, 0) is 15.9 Å². The summed E-state index contributed by atoms with van der Waals surface area (Å²) >= 11 is 3.58. The monoisotopic (exact) mass is 351 g/mol. The van der Waals surface area contributed by atoms with Crippen molar-refractivity contribution in [1.82, 2.24) is 0 Å². The molecule has 2 rings (SSSR count). The number of unbranched alkanes of at least 4 members (excludes halogenated alkanes) is 1. The number of allylic oxidation sites excluding steroid dienone is 2. The summed E-state index contributed by atoms with van der Waals surface area (Å²) in [5, 5.41) is 0. The van der Waals surface area contributed by atoms with Gasteiger partial charge in [-0.15, -0.1) is 0 Å². The fraction of sp³-hybridized carbons (Fsp3) is 0.412. The molecule has 1 aliphatic carbocycles. The van der Waals surface area contributed by atoms with Gasteiger partial charge in [-0.3, -0.25) is 0 Å². The molecule has 0 heterocycles. The molecular weight excluding hydrogens is 330 g/mol. The van der Waals surface area contributed by atoms with Crippen LogP contribution in [0.1, 0.15) is 18.4 Å². The van der Waals surface area contributed by atoms with Gasteiger partial charge in [0.2, 0.25) is 0 Å². The summed E-state index contributed by atoms with van der Waals surface area (Å²) in [5.74, 6) is 0. The van der Waals surface area contributed by atoms with E-state index in [2.05, 4.69) is 28.1 Å². The van der Waals surface area contributed by atoms with E-state index in [1.165, 1.54) is 5.56 Å². The molecule has 0 saturated heterocycles. The van der Waals surface area contributed by atoms with Gasteiger partial charge < -0.3 is 15.2 Å². The van der Waals surface area contributed by atoms with Crippen LogP contribution < -0.4 is 5.73 Å². The Hall–Kier alpha value is -1.10. The lowest BCUT2D eigenvalue weighted by Gasteiger charge is -2.31. The van der Waals surface area contributed by atoms with Crippen molar-refractivity contribution < 1.29 is 9.47 Å². The molecule has 0 amide bonds. The Bertz CT molecular complexity index is 498. The third-order valence-electron chi connectivity index (χ3n) is 3.56. The van der Waals surface area contributed by atoms with E-state index in [1.807, 2.05) is 36.4 Å². The Balaban J connectivity index is 1.69. The van der Waals surface area contributed by atoms with E-state index in [0.717, 1.165) is 24.9 Å². The van der Waals surface area contributed by atoms with Gasteiger partial charge in [-0.1, -0.05) is 30.4 Å². The van der Waals surface area contributed by atoms with Gasteiger partial charge in [0, 0.05) is 19.4 Å². The molecule has 21 heavy (non-hydrogen) atoms. The maximum absolute atomic E-state index is 5.92. The van der Waals surface area contributed by atoms with E-state index in [0.29, 0.717) is 6.61 Å². The van der Waals surface area contributed by atoms with Gasteiger partial charge in [-0.05, 0) is 59.0 Å². The summed E-state index contributed by atoms with van der Waals surface area (Å²) in [6.07, 6.45) is 11.0. The van der Waals surface area contributed by atoms with Gasteiger partial charge in [0.25, 0.3) is 0 Å². The zero-order valence-corrected chi connectivity index (χ0v) is 13.9. The average Bonchev–Trinajstić information content (AvgIpc) is 2.50. The molecular formula is C17H22BrNO2. The number of aryl methyl sites for hydroxylation is 1. The predicted octanol–water partition coefficient (Wildman–Crippen LogP) is 3.84. The molecule has 0 radical (unpaired) electrons. The number of hydrogen-bond acceptors (Lipinski definition) is 3. The van der Waals surface area contributed by atoms with Crippen LogP contribution in [0.2, 0.25) is 0 Å². The molecule has 114 valence electrons. The minimum Gasteiger partial charge on any atom is -0.399 e. The summed E-state index contributed by atoms with van der Waals surface area (Å²) in [4.78, 5) is 0. The third kappa shape index (κ3) is 4.70. The third-order valence-corrected chi connectivity index (χ3v) is 4.60. The number of alkyl halides is 1. The van der Waals surface area contributed by atoms with Crippen molar-refractivity contribution in [3.05, 3.63) is 54.1 Å². The molecule has 4 heteroatoms. The molecule has 0 aromatic heterocycles. The second-order valence-corrected chi connectivity index (χ2v) is 6.38. The van der Waals surface area contributed by atoms with Crippen LogP contribution in [0, 0.1) is 0 Å². The summed E-state index contributed by atoms with van der Waals surface area (Å²) in [6.45, 7) is 0.717. The van der Waals surface area contributed by atoms with Crippen LogP contribution in [0.4, 0.5) is 5.69 Å². The van der Waals surface area contributed by atoms with Crippen LogP contribution in [0.25, 0.3) is 0 Å². The van der Waals surface area contributed by atoms with E-state index in [9.17, 15) is 0 Å². The Morgan fingerprint density at radius 1 is 1.19 bits per heavy atom. The summed E-state index contributed by atoms with van der Waals surface area (Å²) in [5.41, 5.74) is 7.80. The number of ether oxygens (including phenoxy) is 2. The fourth-order valence-corrected chi connectivity index (χ4v) is 2.69. The second-order valence-electron chi connectivity index (χ2n) is 5.14.